The Kier molecular flexibility index (Phi) is 9.46. The normalized spacial score (nSPS) is 18.1. The number of hydrogen-bond acceptors (Lipinski definition) is 0. The smallest absolute Gasteiger partial charge is 0.0985 e. The number of hydrogen-bond donors (Lipinski definition) is 0. The average molecular weight is 314 g/mol. The molecule has 0 amide bonds. The van der Waals surface area contributed by atoms with E-state index in [0.717, 1.165) is 5.56 Å². The zero-order valence-electron chi connectivity index (χ0n) is 11.8. The third kappa shape index (κ3) is 7.16. The van der Waals surface area contributed by atoms with Gasteiger partial charge in [-0.3, -0.25) is 0 Å². The Hall–Kier alpha value is -0.781. The van der Waals surface area contributed by atoms with E-state index in [1.165, 1.54) is 11.5 Å². The Morgan fingerprint density at radius 3 is 1.57 bits per heavy atom. The van der Waals surface area contributed by atoms with E-state index in [2.05, 4.69) is 55.8 Å². The van der Waals surface area contributed by atoms with E-state index in [9.17, 15) is 0 Å². The van der Waals surface area contributed by atoms with Crippen LogP contribution >= 0.6 is 0 Å². The average Bonchev–Trinajstić information content (AvgIpc) is 3.21. The molecule has 104 valence electrons. The number of allylic oxidation sites excluding steroid dienone is 1. The maximum atomic E-state index is 3.73. The van der Waals surface area contributed by atoms with Crippen LogP contribution in [0.4, 0.5) is 0 Å². The van der Waals surface area contributed by atoms with Crippen LogP contribution in [0.5, 0.6) is 0 Å². The van der Waals surface area contributed by atoms with Gasteiger partial charge in [0.1, 0.15) is 0 Å². The van der Waals surface area contributed by atoms with Crippen molar-refractivity contribution < 1.29 is 17.1 Å². The molecule has 0 nitrogen and oxygen atoms in total. The second-order valence-electron chi connectivity index (χ2n) is 4.38. The molecule has 1 aromatic rings. The minimum atomic E-state index is 0. The van der Waals surface area contributed by atoms with Gasteiger partial charge in [-0.25, -0.2) is 0 Å². The first-order chi connectivity index (χ1) is 9.88. The van der Waals surface area contributed by atoms with Gasteiger partial charge in [-0.15, -0.1) is 0 Å². The van der Waals surface area contributed by atoms with Crippen molar-refractivity contribution in [1.29, 1.82) is 0 Å². The Labute approximate surface area is 141 Å². The molecule has 2 aliphatic rings. The molecule has 10 radical (unpaired) electrons. The van der Waals surface area contributed by atoms with E-state index in [-0.39, 0.29) is 17.1 Å². The van der Waals surface area contributed by atoms with Crippen LogP contribution < -0.4 is 0 Å². The van der Waals surface area contributed by atoms with Crippen molar-refractivity contribution in [3.8, 4) is 0 Å². The van der Waals surface area contributed by atoms with Crippen molar-refractivity contribution in [2.75, 3.05) is 0 Å². The molecule has 3 rings (SSSR count). The molecule has 21 heavy (non-hydrogen) atoms. The molecule has 0 unspecified atom stereocenters. The minimum absolute atomic E-state index is 0. The molecule has 0 N–H and O–H groups in total. The van der Waals surface area contributed by atoms with E-state index in [0.29, 0.717) is 0 Å². The fraction of sp³-hybridized carbons (Fsp3) is 0. The summed E-state index contributed by atoms with van der Waals surface area (Å²) in [6, 6.07) is 8.32. The molecule has 2 fully saturated rings. The van der Waals surface area contributed by atoms with E-state index >= 15 is 0 Å². The Balaban J connectivity index is 0.000000313. The molecule has 0 saturated heterocycles. The monoisotopic (exact) mass is 314 g/mol. The first-order valence-electron chi connectivity index (χ1n) is 6.67. The Morgan fingerprint density at radius 1 is 0.619 bits per heavy atom. The van der Waals surface area contributed by atoms with Crippen molar-refractivity contribution in [3.05, 3.63) is 112 Å². The molecule has 2 aliphatic carbocycles. The second-order valence-corrected chi connectivity index (χ2v) is 4.38. The number of benzene rings is 1. The fourth-order valence-corrected chi connectivity index (χ4v) is 1.76. The molecular weight excluding hydrogens is 296 g/mol. The summed E-state index contributed by atoms with van der Waals surface area (Å²) in [6.45, 7) is 3.73. The predicted molar refractivity (Wildman–Crippen MR) is 87.5 cm³/mol. The maximum absolute atomic E-state index is 3.73. The van der Waals surface area contributed by atoms with E-state index in [1.54, 1.807) is 0 Å². The van der Waals surface area contributed by atoms with Crippen LogP contribution in [-0.2, 0) is 17.1 Å². The standard InChI is InChI=1S/C15H13.C5H5.Fe/c1-2-13-7-9-15(10-8-13)12-11-14-5-3-4-6-14;1-2-4-5-3-1;/h2-12H,1H2;1-5H;/q;;+2/b12-11+;;. The fourth-order valence-electron chi connectivity index (χ4n) is 1.76. The first-order valence-corrected chi connectivity index (χ1v) is 6.67. The zero-order chi connectivity index (χ0) is 14.0. The summed E-state index contributed by atoms with van der Waals surface area (Å²) in [5, 5.41) is 0. The SMILES string of the molecule is C=Cc1ccc(/C=C/[C]2[CH][CH][CH][CH]2)cc1.[CH]1[CH][CH][CH][CH]1.[Fe+2]. The molecule has 0 spiro atoms. The molecule has 0 atom stereocenters. The largest absolute Gasteiger partial charge is 2.00 e. The minimum Gasteiger partial charge on any atom is -0.0985 e. The summed E-state index contributed by atoms with van der Waals surface area (Å²) < 4.78 is 0. The van der Waals surface area contributed by atoms with Gasteiger partial charge >= 0.3 is 17.1 Å². The van der Waals surface area contributed by atoms with Crippen molar-refractivity contribution in [2.45, 2.75) is 0 Å². The Morgan fingerprint density at radius 2 is 1.10 bits per heavy atom. The third-order valence-electron chi connectivity index (χ3n) is 2.88. The van der Waals surface area contributed by atoms with Gasteiger partial charge in [0, 0.05) is 5.92 Å². The second kappa shape index (κ2) is 10.9. The summed E-state index contributed by atoms with van der Waals surface area (Å²) in [6.07, 6.45) is 24.3. The van der Waals surface area contributed by atoms with Gasteiger partial charge in [-0.2, -0.15) is 0 Å². The van der Waals surface area contributed by atoms with Crippen LogP contribution in [0, 0.1) is 63.7 Å². The summed E-state index contributed by atoms with van der Waals surface area (Å²) in [4.78, 5) is 0. The molecule has 0 aromatic heterocycles. The van der Waals surface area contributed by atoms with Crippen molar-refractivity contribution in [2.24, 2.45) is 0 Å². The quantitative estimate of drug-likeness (QED) is 0.705. The first kappa shape index (κ1) is 18.3. The molecule has 0 heterocycles. The van der Waals surface area contributed by atoms with Crippen LogP contribution in [0.25, 0.3) is 12.2 Å². The van der Waals surface area contributed by atoms with Crippen LogP contribution in [0.15, 0.2) is 36.9 Å². The van der Waals surface area contributed by atoms with Gasteiger partial charge in [0.25, 0.3) is 0 Å². The number of rotatable bonds is 3. The van der Waals surface area contributed by atoms with Crippen LogP contribution in [0.3, 0.4) is 0 Å². The van der Waals surface area contributed by atoms with Crippen molar-refractivity contribution in [1.82, 2.24) is 0 Å². The van der Waals surface area contributed by atoms with Crippen LogP contribution in [0.1, 0.15) is 11.1 Å². The van der Waals surface area contributed by atoms with Crippen LogP contribution in [-0.4, -0.2) is 0 Å². The summed E-state index contributed by atoms with van der Waals surface area (Å²) in [5.74, 6) is 1.24. The summed E-state index contributed by atoms with van der Waals surface area (Å²) in [7, 11) is 0. The van der Waals surface area contributed by atoms with Gasteiger partial charge in [0.05, 0.1) is 0 Å². The molecule has 0 bridgehead atoms. The third-order valence-corrected chi connectivity index (χ3v) is 2.88. The van der Waals surface area contributed by atoms with Gasteiger partial charge in [0.2, 0.25) is 0 Å². The van der Waals surface area contributed by atoms with E-state index in [1.807, 2.05) is 51.0 Å². The molecular formula is C20H18Fe+2. The topological polar surface area (TPSA) is 0 Å². The molecule has 1 heteroatoms. The van der Waals surface area contributed by atoms with Crippen molar-refractivity contribution in [3.63, 3.8) is 0 Å². The molecule has 0 aliphatic heterocycles. The Bertz CT molecular complexity index is 398. The van der Waals surface area contributed by atoms with Crippen molar-refractivity contribution >= 4 is 12.2 Å². The predicted octanol–water partition coefficient (Wildman–Crippen LogP) is 4.77. The van der Waals surface area contributed by atoms with Gasteiger partial charge < -0.3 is 0 Å². The molecule has 1 aromatic carbocycles. The summed E-state index contributed by atoms with van der Waals surface area (Å²) in [5.41, 5.74) is 2.36. The van der Waals surface area contributed by atoms with E-state index in [4.69, 9.17) is 0 Å². The van der Waals surface area contributed by atoms with Gasteiger partial charge in [-0.1, -0.05) is 49.1 Å². The van der Waals surface area contributed by atoms with Crippen LogP contribution in [0.2, 0.25) is 0 Å². The van der Waals surface area contributed by atoms with Gasteiger partial charge in [0.15, 0.2) is 0 Å². The molecule has 2 saturated carbocycles. The zero-order valence-corrected chi connectivity index (χ0v) is 12.9. The summed E-state index contributed by atoms with van der Waals surface area (Å²) >= 11 is 0. The van der Waals surface area contributed by atoms with E-state index < -0.39 is 0 Å². The van der Waals surface area contributed by atoms with Gasteiger partial charge in [-0.05, 0) is 68.9 Å². The maximum Gasteiger partial charge on any atom is 2.00 e.